The van der Waals surface area contributed by atoms with Gasteiger partial charge in [0.2, 0.25) is 0 Å². The average Bonchev–Trinajstić information content (AvgIpc) is 2.27. The van der Waals surface area contributed by atoms with E-state index in [4.69, 9.17) is 5.26 Å². The largest absolute Gasteiger partial charge is 0.507 e. The van der Waals surface area contributed by atoms with Crippen molar-refractivity contribution in [1.82, 2.24) is 0 Å². The number of halogens is 3. The molecule has 0 heterocycles. The highest BCUT2D eigenvalue weighted by atomic mass is 19.4. The lowest BCUT2D eigenvalue weighted by Crippen LogP contribution is -2.17. The van der Waals surface area contributed by atoms with Gasteiger partial charge in [-0.1, -0.05) is 0 Å². The lowest BCUT2D eigenvalue weighted by Gasteiger charge is -2.14. The van der Waals surface area contributed by atoms with E-state index in [0.29, 0.717) is 0 Å². The van der Waals surface area contributed by atoms with Crippen molar-refractivity contribution in [3.63, 3.8) is 0 Å². The van der Waals surface area contributed by atoms with Crippen LogP contribution >= 0.6 is 0 Å². The van der Waals surface area contributed by atoms with Crippen molar-refractivity contribution in [2.75, 3.05) is 6.61 Å². The molecule has 0 aliphatic heterocycles. The number of alkyl halides is 3. The van der Waals surface area contributed by atoms with Gasteiger partial charge in [-0.15, -0.1) is 0 Å². The van der Waals surface area contributed by atoms with E-state index in [2.05, 4.69) is 4.74 Å². The van der Waals surface area contributed by atoms with Gasteiger partial charge >= 0.3 is 12.1 Å². The maximum atomic E-state index is 12.8. The normalized spacial score (nSPS) is 10.8. The van der Waals surface area contributed by atoms with E-state index in [1.165, 1.54) is 13.0 Å². The number of benzene rings is 1. The molecule has 0 saturated heterocycles. The summed E-state index contributed by atoms with van der Waals surface area (Å²) < 4.78 is 42.9. The van der Waals surface area contributed by atoms with Crippen LogP contribution in [0, 0.1) is 11.3 Å². The van der Waals surface area contributed by atoms with E-state index in [-0.39, 0.29) is 6.61 Å². The van der Waals surface area contributed by atoms with E-state index >= 15 is 0 Å². The maximum Gasteiger partial charge on any atom is 0.418 e. The second-order valence-corrected chi connectivity index (χ2v) is 3.21. The average molecular weight is 259 g/mol. The Morgan fingerprint density at radius 2 is 2.11 bits per heavy atom. The Hall–Kier alpha value is -2.23. The van der Waals surface area contributed by atoms with Crippen LogP contribution in [0.1, 0.15) is 28.4 Å². The number of hydrogen-bond acceptors (Lipinski definition) is 4. The minimum Gasteiger partial charge on any atom is -0.507 e. The van der Waals surface area contributed by atoms with Crippen LogP contribution in [-0.4, -0.2) is 17.7 Å². The molecule has 0 spiro atoms. The zero-order valence-corrected chi connectivity index (χ0v) is 9.21. The van der Waals surface area contributed by atoms with E-state index in [1.807, 2.05) is 0 Å². The summed E-state index contributed by atoms with van der Waals surface area (Å²) in [4.78, 5) is 11.4. The summed E-state index contributed by atoms with van der Waals surface area (Å²) in [5.41, 5.74) is -3.27. The third-order valence-electron chi connectivity index (χ3n) is 2.07. The predicted octanol–water partition coefficient (Wildman–Crippen LogP) is 2.46. The molecule has 1 rings (SSSR count). The van der Waals surface area contributed by atoms with Gasteiger partial charge in [-0.25, -0.2) is 4.79 Å². The molecule has 0 fully saturated rings. The fourth-order valence-electron chi connectivity index (χ4n) is 1.38. The lowest BCUT2D eigenvalue weighted by atomic mass is 10.00. The summed E-state index contributed by atoms with van der Waals surface area (Å²) in [6.07, 6.45) is -4.94. The van der Waals surface area contributed by atoms with Crippen LogP contribution in [-0.2, 0) is 10.9 Å². The molecule has 0 atom stereocenters. The van der Waals surface area contributed by atoms with Crippen LogP contribution in [0.2, 0.25) is 0 Å². The van der Waals surface area contributed by atoms with Crippen molar-refractivity contribution in [2.45, 2.75) is 13.1 Å². The van der Waals surface area contributed by atoms with Gasteiger partial charge < -0.3 is 9.84 Å². The van der Waals surface area contributed by atoms with Crippen LogP contribution in [0.15, 0.2) is 12.1 Å². The highest BCUT2D eigenvalue weighted by molar-refractivity contribution is 5.92. The number of phenolic OH excluding ortho intramolecular Hbond substituents is 1. The number of hydrogen-bond donors (Lipinski definition) is 1. The van der Waals surface area contributed by atoms with Crippen molar-refractivity contribution in [1.29, 1.82) is 5.26 Å². The Morgan fingerprint density at radius 1 is 1.50 bits per heavy atom. The molecule has 0 aromatic heterocycles. The monoisotopic (exact) mass is 259 g/mol. The second kappa shape index (κ2) is 4.96. The number of phenols is 1. The summed E-state index contributed by atoms with van der Waals surface area (Å²) in [5.74, 6) is -2.03. The minimum absolute atomic E-state index is 0.0983. The number of ether oxygens (including phenoxy) is 1. The van der Waals surface area contributed by atoms with Gasteiger partial charge in [-0.05, 0) is 19.1 Å². The standard InChI is InChI=1S/C11H8F3NO3/c1-2-18-10(17)6-3-4-8(16)7(5-15)9(6)11(12,13)14/h3-4,16H,2H2,1H3. The fraction of sp³-hybridized carbons (Fsp3) is 0.273. The van der Waals surface area contributed by atoms with Crippen LogP contribution in [0.5, 0.6) is 5.75 Å². The second-order valence-electron chi connectivity index (χ2n) is 3.21. The molecule has 0 amide bonds. The first kappa shape index (κ1) is 13.8. The summed E-state index contributed by atoms with van der Waals surface area (Å²) in [5, 5.41) is 17.9. The highest BCUT2D eigenvalue weighted by Crippen LogP contribution is 2.38. The van der Waals surface area contributed by atoms with E-state index in [1.54, 1.807) is 0 Å². The molecule has 7 heteroatoms. The number of aromatic hydroxyl groups is 1. The molecule has 96 valence electrons. The molecule has 0 saturated carbocycles. The number of nitriles is 1. The smallest absolute Gasteiger partial charge is 0.418 e. The van der Waals surface area contributed by atoms with Gasteiger partial charge in [0.05, 0.1) is 17.7 Å². The molecule has 0 radical (unpaired) electrons. The molecule has 0 aliphatic carbocycles. The predicted molar refractivity (Wildman–Crippen MR) is 53.8 cm³/mol. The first-order chi connectivity index (χ1) is 8.32. The Bertz CT molecular complexity index is 517. The van der Waals surface area contributed by atoms with Crippen molar-refractivity contribution in [2.24, 2.45) is 0 Å². The zero-order chi connectivity index (χ0) is 13.9. The van der Waals surface area contributed by atoms with Crippen LogP contribution in [0.4, 0.5) is 13.2 Å². The van der Waals surface area contributed by atoms with Crippen molar-refractivity contribution in [3.05, 3.63) is 28.8 Å². The van der Waals surface area contributed by atoms with Gasteiger partial charge in [0.15, 0.2) is 0 Å². The summed E-state index contributed by atoms with van der Waals surface area (Å²) in [7, 11) is 0. The van der Waals surface area contributed by atoms with E-state index < -0.39 is 34.6 Å². The number of esters is 1. The van der Waals surface area contributed by atoms with Crippen LogP contribution < -0.4 is 0 Å². The Balaban J connectivity index is 3.54. The number of rotatable bonds is 2. The summed E-state index contributed by atoms with van der Waals surface area (Å²) in [6, 6.07) is 2.85. The number of nitrogens with zero attached hydrogens (tertiary/aromatic N) is 1. The third-order valence-corrected chi connectivity index (χ3v) is 2.07. The Morgan fingerprint density at radius 3 is 2.56 bits per heavy atom. The molecule has 0 aliphatic rings. The summed E-state index contributed by atoms with van der Waals surface area (Å²) in [6.45, 7) is 1.34. The molecule has 1 N–H and O–H groups in total. The molecular weight excluding hydrogens is 251 g/mol. The van der Waals surface area contributed by atoms with Gasteiger partial charge in [0.1, 0.15) is 17.4 Å². The van der Waals surface area contributed by atoms with Gasteiger partial charge in [0.25, 0.3) is 0 Å². The van der Waals surface area contributed by atoms with E-state index in [9.17, 15) is 23.1 Å². The third kappa shape index (κ3) is 2.53. The SMILES string of the molecule is CCOC(=O)c1ccc(O)c(C#N)c1C(F)(F)F. The minimum atomic E-state index is -4.94. The van der Waals surface area contributed by atoms with E-state index in [0.717, 1.165) is 12.1 Å². The molecule has 18 heavy (non-hydrogen) atoms. The number of carbonyl (C=O) groups excluding carboxylic acids is 1. The summed E-state index contributed by atoms with van der Waals surface area (Å²) >= 11 is 0. The Labute approximate surface area is 100 Å². The lowest BCUT2D eigenvalue weighted by molar-refractivity contribution is -0.138. The Kier molecular flexibility index (Phi) is 3.81. The fourth-order valence-corrected chi connectivity index (χ4v) is 1.38. The molecule has 4 nitrogen and oxygen atoms in total. The zero-order valence-electron chi connectivity index (χ0n) is 9.21. The maximum absolute atomic E-state index is 12.8. The number of carbonyl (C=O) groups is 1. The van der Waals surface area contributed by atoms with Crippen molar-refractivity contribution >= 4 is 5.97 Å². The first-order valence-corrected chi connectivity index (χ1v) is 4.83. The van der Waals surface area contributed by atoms with Gasteiger partial charge in [-0.3, -0.25) is 0 Å². The highest BCUT2D eigenvalue weighted by Gasteiger charge is 2.39. The van der Waals surface area contributed by atoms with Gasteiger partial charge in [-0.2, -0.15) is 18.4 Å². The first-order valence-electron chi connectivity index (χ1n) is 4.83. The topological polar surface area (TPSA) is 70.3 Å². The van der Waals surface area contributed by atoms with Crippen LogP contribution in [0.25, 0.3) is 0 Å². The van der Waals surface area contributed by atoms with Crippen molar-refractivity contribution in [3.8, 4) is 11.8 Å². The molecule has 1 aromatic carbocycles. The van der Waals surface area contributed by atoms with Gasteiger partial charge in [0, 0.05) is 0 Å². The quantitative estimate of drug-likeness (QED) is 0.828. The molecular formula is C11H8F3NO3. The van der Waals surface area contributed by atoms with Crippen LogP contribution in [0.3, 0.4) is 0 Å². The molecule has 0 unspecified atom stereocenters. The molecule has 1 aromatic rings. The van der Waals surface area contributed by atoms with Crippen molar-refractivity contribution < 1.29 is 27.8 Å². The molecule has 0 bridgehead atoms.